The monoisotopic (exact) mass is 340 g/mol. The summed E-state index contributed by atoms with van der Waals surface area (Å²) in [6, 6.07) is 9.17. The second-order valence-electron chi connectivity index (χ2n) is 6.51. The number of hydrogen-bond acceptors (Lipinski definition) is 4. The van der Waals surface area contributed by atoms with Crippen molar-refractivity contribution in [2.45, 2.75) is 31.3 Å². The van der Waals surface area contributed by atoms with Gasteiger partial charge in [-0.1, -0.05) is 12.1 Å². The van der Waals surface area contributed by atoms with Crippen LogP contribution in [0.15, 0.2) is 30.3 Å². The molecule has 130 valence electrons. The molecule has 1 aromatic carbocycles. The largest absolute Gasteiger partial charge is 0.481 e. The van der Waals surface area contributed by atoms with Gasteiger partial charge in [0.15, 0.2) is 0 Å². The Labute approximate surface area is 145 Å². The van der Waals surface area contributed by atoms with E-state index >= 15 is 0 Å². The lowest BCUT2D eigenvalue weighted by Gasteiger charge is -2.16. The lowest BCUT2D eigenvalue weighted by Crippen LogP contribution is -2.40. The van der Waals surface area contributed by atoms with Gasteiger partial charge in [-0.25, -0.2) is 9.78 Å². The molecule has 2 aromatic rings. The highest BCUT2D eigenvalue weighted by Crippen LogP contribution is 2.30. The molecule has 7 nitrogen and oxygen atoms in total. The number of nitrogens with one attached hydrogen (secondary N) is 2. The minimum absolute atomic E-state index is 0.129. The van der Waals surface area contributed by atoms with Crippen LogP contribution in [0.1, 0.15) is 19.3 Å². The Balaban J connectivity index is 1.46. The number of methoxy groups -OCH3 is 1. The standard InChI is InChI=1S/C18H20N4O3/c1-25-15-8-5-11-3-2-4-14(17(11)21-15)20-18(24)19-12-9-16(23)22(10-12)13-6-7-13/h2-5,8,12-13H,6-7,9-10H2,1H3,(H2,19,20,24). The number of hydrogen-bond donors (Lipinski definition) is 2. The molecule has 1 aliphatic heterocycles. The second kappa shape index (κ2) is 6.23. The zero-order chi connectivity index (χ0) is 17.4. The molecule has 0 spiro atoms. The first-order valence-corrected chi connectivity index (χ1v) is 8.45. The van der Waals surface area contributed by atoms with Crippen LogP contribution in [0.3, 0.4) is 0 Å². The first kappa shape index (κ1) is 15.7. The van der Waals surface area contributed by atoms with Gasteiger partial charge in [-0.2, -0.15) is 0 Å². The number of ether oxygens (including phenoxy) is 1. The van der Waals surface area contributed by atoms with Gasteiger partial charge in [0.1, 0.15) is 0 Å². The molecule has 7 heteroatoms. The number of pyridine rings is 1. The van der Waals surface area contributed by atoms with Crippen LogP contribution in [-0.2, 0) is 4.79 Å². The molecule has 4 rings (SSSR count). The highest BCUT2D eigenvalue weighted by molar-refractivity contribution is 6.00. The predicted octanol–water partition coefficient (Wildman–Crippen LogP) is 2.13. The zero-order valence-electron chi connectivity index (χ0n) is 14.0. The first-order valence-electron chi connectivity index (χ1n) is 8.45. The number of rotatable bonds is 4. The van der Waals surface area contributed by atoms with Gasteiger partial charge in [-0.3, -0.25) is 4.79 Å². The molecule has 1 aliphatic carbocycles. The van der Waals surface area contributed by atoms with Crippen molar-refractivity contribution in [1.29, 1.82) is 0 Å². The minimum atomic E-state index is -0.326. The van der Waals surface area contributed by atoms with Crippen molar-refractivity contribution in [2.24, 2.45) is 0 Å². The summed E-state index contributed by atoms with van der Waals surface area (Å²) < 4.78 is 5.16. The molecule has 2 fully saturated rings. The SMILES string of the molecule is COc1ccc2cccc(NC(=O)NC3CC(=O)N(C4CC4)C3)c2n1. The molecule has 0 radical (unpaired) electrons. The molecular weight excluding hydrogens is 320 g/mol. The maximum atomic E-state index is 12.4. The molecule has 1 saturated heterocycles. The van der Waals surface area contributed by atoms with E-state index in [0.29, 0.717) is 36.1 Å². The second-order valence-corrected chi connectivity index (χ2v) is 6.51. The molecule has 2 N–H and O–H groups in total. The number of anilines is 1. The third-order valence-electron chi connectivity index (χ3n) is 4.63. The number of para-hydroxylation sites is 1. The summed E-state index contributed by atoms with van der Waals surface area (Å²) in [6.07, 6.45) is 2.52. The van der Waals surface area contributed by atoms with E-state index in [9.17, 15) is 9.59 Å². The third kappa shape index (κ3) is 3.22. The Morgan fingerprint density at radius 2 is 2.12 bits per heavy atom. The maximum absolute atomic E-state index is 12.4. The van der Waals surface area contributed by atoms with Crippen LogP contribution >= 0.6 is 0 Å². The zero-order valence-corrected chi connectivity index (χ0v) is 14.0. The van der Waals surface area contributed by atoms with Gasteiger partial charge in [-0.05, 0) is 25.0 Å². The first-order chi connectivity index (χ1) is 12.1. The average Bonchev–Trinajstić information content (AvgIpc) is 3.38. The van der Waals surface area contributed by atoms with Crippen LogP contribution in [0.2, 0.25) is 0 Å². The van der Waals surface area contributed by atoms with Gasteiger partial charge in [0, 0.05) is 30.5 Å². The molecule has 1 aromatic heterocycles. The molecule has 25 heavy (non-hydrogen) atoms. The van der Waals surface area contributed by atoms with Gasteiger partial charge in [0.05, 0.1) is 24.4 Å². The van der Waals surface area contributed by atoms with Gasteiger partial charge in [-0.15, -0.1) is 0 Å². The smallest absolute Gasteiger partial charge is 0.319 e. The maximum Gasteiger partial charge on any atom is 0.319 e. The fraction of sp³-hybridized carbons (Fsp3) is 0.389. The fourth-order valence-electron chi connectivity index (χ4n) is 3.25. The van der Waals surface area contributed by atoms with Gasteiger partial charge < -0.3 is 20.3 Å². The minimum Gasteiger partial charge on any atom is -0.481 e. The van der Waals surface area contributed by atoms with E-state index in [2.05, 4.69) is 15.6 Å². The molecular formula is C18H20N4O3. The number of likely N-dealkylation sites (tertiary alicyclic amines) is 1. The van der Waals surface area contributed by atoms with Crippen molar-refractivity contribution in [1.82, 2.24) is 15.2 Å². The van der Waals surface area contributed by atoms with E-state index in [1.54, 1.807) is 19.2 Å². The summed E-state index contributed by atoms with van der Waals surface area (Å²) in [7, 11) is 1.56. The number of amides is 3. The molecule has 3 amide bonds. The number of carbonyl (C=O) groups excluding carboxylic acids is 2. The van der Waals surface area contributed by atoms with Gasteiger partial charge in [0.2, 0.25) is 11.8 Å². The number of aromatic nitrogens is 1. The molecule has 0 bridgehead atoms. The predicted molar refractivity (Wildman–Crippen MR) is 93.6 cm³/mol. The molecule has 1 saturated carbocycles. The van der Waals surface area contributed by atoms with Crippen LogP contribution in [0.4, 0.5) is 10.5 Å². The lowest BCUT2D eigenvalue weighted by molar-refractivity contribution is -0.128. The molecule has 1 atom stereocenters. The summed E-state index contributed by atoms with van der Waals surface area (Å²) in [6.45, 7) is 0.596. The Kier molecular flexibility index (Phi) is 3.91. The summed E-state index contributed by atoms with van der Waals surface area (Å²) in [5.74, 6) is 0.619. The summed E-state index contributed by atoms with van der Waals surface area (Å²) in [5.41, 5.74) is 1.27. The third-order valence-corrected chi connectivity index (χ3v) is 4.63. The fourth-order valence-corrected chi connectivity index (χ4v) is 3.25. The van der Waals surface area contributed by atoms with E-state index in [1.807, 2.05) is 23.1 Å². The van der Waals surface area contributed by atoms with Crippen molar-refractivity contribution in [3.05, 3.63) is 30.3 Å². The van der Waals surface area contributed by atoms with Gasteiger partial charge in [0.25, 0.3) is 0 Å². The topological polar surface area (TPSA) is 83.6 Å². The lowest BCUT2D eigenvalue weighted by atomic mass is 10.2. The highest BCUT2D eigenvalue weighted by Gasteiger charge is 2.39. The summed E-state index contributed by atoms with van der Waals surface area (Å²) in [4.78, 5) is 30.6. The van der Waals surface area contributed by atoms with Crippen LogP contribution in [0.25, 0.3) is 10.9 Å². The van der Waals surface area contributed by atoms with Crippen LogP contribution in [0.5, 0.6) is 5.88 Å². The van der Waals surface area contributed by atoms with E-state index in [1.165, 1.54) is 0 Å². The van der Waals surface area contributed by atoms with E-state index in [4.69, 9.17) is 4.74 Å². The van der Waals surface area contributed by atoms with Crippen molar-refractivity contribution >= 4 is 28.5 Å². The van der Waals surface area contributed by atoms with Crippen molar-refractivity contribution in [2.75, 3.05) is 19.0 Å². The van der Waals surface area contributed by atoms with Crippen LogP contribution < -0.4 is 15.4 Å². The number of urea groups is 1. The average molecular weight is 340 g/mol. The summed E-state index contributed by atoms with van der Waals surface area (Å²) >= 11 is 0. The Morgan fingerprint density at radius 3 is 2.88 bits per heavy atom. The number of carbonyl (C=O) groups is 2. The van der Waals surface area contributed by atoms with E-state index < -0.39 is 0 Å². The molecule has 2 heterocycles. The van der Waals surface area contributed by atoms with Crippen molar-refractivity contribution < 1.29 is 14.3 Å². The molecule has 1 unspecified atom stereocenters. The van der Waals surface area contributed by atoms with Crippen LogP contribution in [0, 0.1) is 0 Å². The number of fused-ring (bicyclic) bond motifs is 1. The number of nitrogens with zero attached hydrogens (tertiary/aromatic N) is 2. The van der Waals surface area contributed by atoms with Gasteiger partial charge >= 0.3 is 6.03 Å². The normalized spacial score (nSPS) is 20.0. The summed E-state index contributed by atoms with van der Waals surface area (Å²) in [5, 5.41) is 6.64. The number of benzene rings is 1. The van der Waals surface area contributed by atoms with E-state index in [-0.39, 0.29) is 18.0 Å². The van der Waals surface area contributed by atoms with Crippen molar-refractivity contribution in [3.8, 4) is 5.88 Å². The Bertz CT molecular complexity index is 834. The highest BCUT2D eigenvalue weighted by atomic mass is 16.5. The molecule has 2 aliphatic rings. The van der Waals surface area contributed by atoms with Crippen molar-refractivity contribution in [3.63, 3.8) is 0 Å². The van der Waals surface area contributed by atoms with Crippen LogP contribution in [-0.4, -0.2) is 47.6 Å². The Morgan fingerprint density at radius 1 is 1.28 bits per heavy atom. The van der Waals surface area contributed by atoms with E-state index in [0.717, 1.165) is 18.2 Å². The quantitative estimate of drug-likeness (QED) is 0.893. The Hall–Kier alpha value is -2.83.